The Balaban J connectivity index is 2.07. The van der Waals surface area contributed by atoms with E-state index in [4.69, 9.17) is 0 Å². The van der Waals surface area contributed by atoms with E-state index in [1.165, 1.54) is 38.5 Å². The fourth-order valence-corrected chi connectivity index (χ4v) is 2.53. The molecule has 0 aliphatic carbocycles. The highest BCUT2D eigenvalue weighted by atomic mass is 16.2. The number of rotatable bonds is 9. The van der Waals surface area contributed by atoms with Gasteiger partial charge >= 0.3 is 0 Å². The topological polar surface area (TPSA) is 20.3 Å². The molecule has 1 rings (SSSR count). The second kappa shape index (κ2) is 12.4. The van der Waals surface area contributed by atoms with Crippen LogP contribution in [0.5, 0.6) is 0 Å². The quantitative estimate of drug-likeness (QED) is 0.331. The third kappa shape index (κ3) is 9.28. The van der Waals surface area contributed by atoms with Gasteiger partial charge in [0.05, 0.1) is 0 Å². The third-order valence-electron chi connectivity index (χ3n) is 3.85. The van der Waals surface area contributed by atoms with Crippen molar-refractivity contribution in [1.82, 2.24) is 4.90 Å². The van der Waals surface area contributed by atoms with Gasteiger partial charge in [-0.25, -0.2) is 0 Å². The van der Waals surface area contributed by atoms with Crippen molar-refractivity contribution in [2.45, 2.75) is 64.7 Å². The highest BCUT2D eigenvalue weighted by Gasteiger charge is 2.12. The lowest BCUT2D eigenvalue weighted by atomic mass is 10.1. The molecule has 2 nitrogen and oxygen atoms in total. The molecule has 2 heteroatoms. The van der Waals surface area contributed by atoms with E-state index in [0.717, 1.165) is 32.4 Å². The molecule has 1 aliphatic rings. The van der Waals surface area contributed by atoms with Crippen LogP contribution in [0.3, 0.4) is 0 Å². The minimum Gasteiger partial charge on any atom is -0.339 e. The number of likely N-dealkylation sites (tertiary alicyclic amines) is 1. The summed E-state index contributed by atoms with van der Waals surface area (Å²) in [6, 6.07) is 0. The molecule has 1 amide bonds. The van der Waals surface area contributed by atoms with Gasteiger partial charge in [-0.05, 0) is 32.1 Å². The molecular formula is C19H31NO. The minimum absolute atomic E-state index is 0.152. The van der Waals surface area contributed by atoms with Crippen LogP contribution in [0.4, 0.5) is 0 Å². The van der Waals surface area contributed by atoms with Crippen LogP contribution in [0.15, 0.2) is 36.5 Å². The third-order valence-corrected chi connectivity index (χ3v) is 3.85. The SMILES string of the molecule is CCCCCCC/C=C/C=C/C=C/C(=O)N1CCCCC1. The average molecular weight is 289 g/mol. The van der Waals surface area contributed by atoms with Crippen LogP contribution in [0, 0.1) is 0 Å². The molecule has 0 bridgehead atoms. The second-order valence-corrected chi connectivity index (χ2v) is 5.76. The lowest BCUT2D eigenvalue weighted by molar-refractivity contribution is -0.126. The molecule has 0 aromatic rings. The summed E-state index contributed by atoms with van der Waals surface area (Å²) in [5, 5.41) is 0. The van der Waals surface area contributed by atoms with E-state index in [0.29, 0.717) is 0 Å². The van der Waals surface area contributed by atoms with Crippen LogP contribution in [-0.2, 0) is 4.79 Å². The summed E-state index contributed by atoms with van der Waals surface area (Å²) < 4.78 is 0. The maximum absolute atomic E-state index is 11.8. The van der Waals surface area contributed by atoms with Crippen molar-refractivity contribution < 1.29 is 4.79 Å². The van der Waals surface area contributed by atoms with E-state index < -0.39 is 0 Å². The number of hydrogen-bond donors (Lipinski definition) is 0. The van der Waals surface area contributed by atoms with E-state index in [2.05, 4.69) is 19.1 Å². The summed E-state index contributed by atoms with van der Waals surface area (Å²) in [7, 11) is 0. The van der Waals surface area contributed by atoms with Crippen LogP contribution >= 0.6 is 0 Å². The number of nitrogens with zero attached hydrogens (tertiary/aromatic N) is 1. The molecule has 0 spiro atoms. The number of hydrogen-bond acceptors (Lipinski definition) is 1. The molecule has 1 heterocycles. The maximum Gasteiger partial charge on any atom is 0.246 e. The molecule has 0 aromatic heterocycles. The van der Waals surface area contributed by atoms with Crippen molar-refractivity contribution in [1.29, 1.82) is 0 Å². The highest BCUT2D eigenvalue weighted by Crippen LogP contribution is 2.09. The van der Waals surface area contributed by atoms with E-state index in [-0.39, 0.29) is 5.91 Å². The molecule has 21 heavy (non-hydrogen) atoms. The average Bonchev–Trinajstić information content (AvgIpc) is 2.53. The summed E-state index contributed by atoms with van der Waals surface area (Å²) in [5.74, 6) is 0.152. The monoisotopic (exact) mass is 289 g/mol. The van der Waals surface area contributed by atoms with Gasteiger partial charge in [0.1, 0.15) is 0 Å². The lowest BCUT2D eigenvalue weighted by Gasteiger charge is -2.25. The number of carbonyl (C=O) groups is 1. The predicted octanol–water partition coefficient (Wildman–Crippen LogP) is 5.03. The van der Waals surface area contributed by atoms with Gasteiger partial charge in [-0.3, -0.25) is 4.79 Å². The number of carbonyl (C=O) groups excluding carboxylic acids is 1. The molecule has 0 unspecified atom stereocenters. The first-order chi connectivity index (χ1) is 10.3. The first-order valence-electron chi connectivity index (χ1n) is 8.63. The van der Waals surface area contributed by atoms with E-state index >= 15 is 0 Å². The first kappa shape index (κ1) is 17.7. The molecule has 0 N–H and O–H groups in total. The Bertz CT molecular complexity index is 349. The molecule has 0 radical (unpaired) electrons. The van der Waals surface area contributed by atoms with Crippen molar-refractivity contribution in [2.75, 3.05) is 13.1 Å². The fraction of sp³-hybridized carbons (Fsp3) is 0.632. The smallest absolute Gasteiger partial charge is 0.246 e. The van der Waals surface area contributed by atoms with E-state index in [1.807, 2.05) is 23.1 Å². The van der Waals surface area contributed by atoms with Crippen molar-refractivity contribution in [3.8, 4) is 0 Å². The van der Waals surface area contributed by atoms with Crippen molar-refractivity contribution in [2.24, 2.45) is 0 Å². The number of allylic oxidation sites excluding steroid dienone is 5. The molecule has 1 aliphatic heterocycles. The largest absolute Gasteiger partial charge is 0.339 e. The normalized spacial score (nSPS) is 16.5. The van der Waals surface area contributed by atoms with Gasteiger partial charge in [0, 0.05) is 19.2 Å². The van der Waals surface area contributed by atoms with Gasteiger partial charge in [-0.15, -0.1) is 0 Å². The van der Waals surface area contributed by atoms with Crippen molar-refractivity contribution >= 4 is 5.91 Å². The Kier molecular flexibility index (Phi) is 10.5. The summed E-state index contributed by atoms with van der Waals surface area (Å²) >= 11 is 0. The van der Waals surface area contributed by atoms with Crippen LogP contribution in [0.1, 0.15) is 64.7 Å². The Morgan fingerprint density at radius 3 is 2.38 bits per heavy atom. The molecule has 0 aromatic carbocycles. The Hall–Kier alpha value is -1.31. The standard InChI is InChI=1S/C19H31NO/c1-2-3-4-5-6-7-8-9-10-11-13-16-19(21)20-17-14-12-15-18-20/h8-11,13,16H,2-7,12,14-15,17-18H2,1H3/b9-8+,11-10+,16-13+. The molecular weight excluding hydrogens is 258 g/mol. The molecule has 1 saturated heterocycles. The molecule has 1 fully saturated rings. The van der Waals surface area contributed by atoms with Gasteiger partial charge in [-0.1, -0.05) is 63.0 Å². The summed E-state index contributed by atoms with van der Waals surface area (Å²) in [5.41, 5.74) is 0. The van der Waals surface area contributed by atoms with Gasteiger partial charge < -0.3 is 4.90 Å². The van der Waals surface area contributed by atoms with Crippen molar-refractivity contribution in [3.05, 3.63) is 36.5 Å². The summed E-state index contributed by atoms with van der Waals surface area (Å²) in [6.45, 7) is 4.09. The second-order valence-electron chi connectivity index (χ2n) is 5.76. The Labute approximate surface area is 130 Å². The zero-order valence-electron chi connectivity index (χ0n) is 13.6. The Morgan fingerprint density at radius 2 is 1.62 bits per heavy atom. The van der Waals surface area contributed by atoms with E-state index in [9.17, 15) is 4.79 Å². The maximum atomic E-state index is 11.8. The first-order valence-corrected chi connectivity index (χ1v) is 8.63. The highest BCUT2D eigenvalue weighted by molar-refractivity contribution is 5.87. The van der Waals surface area contributed by atoms with Gasteiger partial charge in [0.2, 0.25) is 5.91 Å². The number of unbranched alkanes of at least 4 members (excludes halogenated alkanes) is 5. The number of piperidine rings is 1. The minimum atomic E-state index is 0.152. The zero-order valence-corrected chi connectivity index (χ0v) is 13.6. The van der Waals surface area contributed by atoms with E-state index in [1.54, 1.807) is 6.08 Å². The van der Waals surface area contributed by atoms with Crippen LogP contribution in [0.2, 0.25) is 0 Å². The molecule has 0 atom stereocenters. The Morgan fingerprint density at radius 1 is 0.905 bits per heavy atom. The molecule has 0 saturated carbocycles. The van der Waals surface area contributed by atoms with Gasteiger partial charge in [0.25, 0.3) is 0 Å². The summed E-state index contributed by atoms with van der Waals surface area (Å²) in [4.78, 5) is 13.8. The van der Waals surface area contributed by atoms with Gasteiger partial charge in [-0.2, -0.15) is 0 Å². The fourth-order valence-electron chi connectivity index (χ4n) is 2.53. The van der Waals surface area contributed by atoms with Gasteiger partial charge in [0.15, 0.2) is 0 Å². The molecule has 118 valence electrons. The lowest BCUT2D eigenvalue weighted by Crippen LogP contribution is -2.34. The zero-order chi connectivity index (χ0) is 15.2. The number of amides is 1. The van der Waals surface area contributed by atoms with Crippen LogP contribution in [-0.4, -0.2) is 23.9 Å². The van der Waals surface area contributed by atoms with Crippen molar-refractivity contribution in [3.63, 3.8) is 0 Å². The predicted molar refractivity (Wildman–Crippen MR) is 91.2 cm³/mol. The summed E-state index contributed by atoms with van der Waals surface area (Å²) in [6.07, 6.45) is 23.1. The van der Waals surface area contributed by atoms with Crippen LogP contribution < -0.4 is 0 Å². The van der Waals surface area contributed by atoms with Crippen LogP contribution in [0.25, 0.3) is 0 Å².